The summed E-state index contributed by atoms with van der Waals surface area (Å²) in [6.45, 7) is 0.587. The fourth-order valence-electron chi connectivity index (χ4n) is 3.26. The third kappa shape index (κ3) is 3.06. The highest BCUT2D eigenvalue weighted by molar-refractivity contribution is 8.03. The van der Waals surface area contributed by atoms with Crippen molar-refractivity contribution in [3.63, 3.8) is 0 Å². The molecule has 0 aliphatic carbocycles. The molecule has 4 rings (SSSR count). The van der Waals surface area contributed by atoms with Gasteiger partial charge in [-0.15, -0.1) is 0 Å². The van der Waals surface area contributed by atoms with Gasteiger partial charge < -0.3 is 10.6 Å². The summed E-state index contributed by atoms with van der Waals surface area (Å²) in [6, 6.07) is 18.8. The Kier molecular flexibility index (Phi) is 4.39. The number of amides is 1. The molecule has 0 bridgehead atoms. The molecule has 4 nitrogen and oxygen atoms in total. The molecular weight excluding hydrogens is 342 g/mol. The molecule has 2 N–H and O–H groups in total. The molecule has 130 valence electrons. The summed E-state index contributed by atoms with van der Waals surface area (Å²) in [5, 5.41) is 2.32. The van der Waals surface area contributed by atoms with E-state index in [9.17, 15) is 4.79 Å². The minimum atomic E-state index is -0.282. The summed E-state index contributed by atoms with van der Waals surface area (Å²) in [4.78, 5) is 14.7. The van der Waals surface area contributed by atoms with Crippen LogP contribution in [0.4, 0.5) is 5.69 Å². The average molecular weight is 362 g/mol. The summed E-state index contributed by atoms with van der Waals surface area (Å²) in [5.74, 6) is -0.282. The zero-order valence-corrected chi connectivity index (χ0v) is 15.4. The zero-order chi connectivity index (χ0) is 18.1. The maximum Gasteiger partial charge on any atom is 0.219 e. The number of aromatic nitrogens is 1. The van der Waals surface area contributed by atoms with Gasteiger partial charge in [-0.1, -0.05) is 36.0 Å². The molecule has 2 aromatic carbocycles. The molecular formula is C21H20N3OS+. The number of hydrogen-bond acceptors (Lipinski definition) is 3. The van der Waals surface area contributed by atoms with Crippen molar-refractivity contribution in [2.75, 3.05) is 11.4 Å². The predicted molar refractivity (Wildman–Crippen MR) is 107 cm³/mol. The molecule has 26 heavy (non-hydrogen) atoms. The van der Waals surface area contributed by atoms with Crippen molar-refractivity contribution in [1.82, 2.24) is 0 Å². The van der Waals surface area contributed by atoms with Crippen LogP contribution in [-0.4, -0.2) is 12.5 Å². The predicted octanol–water partition coefficient (Wildman–Crippen LogP) is 3.45. The molecule has 1 amide bonds. The molecule has 0 fully saturated rings. The van der Waals surface area contributed by atoms with Gasteiger partial charge in [0.05, 0.1) is 16.1 Å². The number of thioether (sulfide) groups is 1. The van der Waals surface area contributed by atoms with Crippen molar-refractivity contribution < 1.29 is 9.36 Å². The van der Waals surface area contributed by atoms with Gasteiger partial charge in [0.25, 0.3) is 0 Å². The van der Waals surface area contributed by atoms with Crippen molar-refractivity contribution >= 4 is 40.3 Å². The van der Waals surface area contributed by atoms with Crippen LogP contribution < -0.4 is 15.2 Å². The number of fused-ring (bicyclic) bond motifs is 2. The average Bonchev–Trinajstić information content (AvgIpc) is 2.99. The van der Waals surface area contributed by atoms with Crippen LogP contribution in [-0.2, 0) is 11.8 Å². The molecule has 5 heteroatoms. The van der Waals surface area contributed by atoms with Gasteiger partial charge in [-0.25, -0.2) is 4.57 Å². The van der Waals surface area contributed by atoms with E-state index < -0.39 is 0 Å². The van der Waals surface area contributed by atoms with Gasteiger partial charge in [0.1, 0.15) is 7.05 Å². The summed E-state index contributed by atoms with van der Waals surface area (Å²) in [6.07, 6.45) is 4.61. The Morgan fingerprint density at radius 3 is 2.77 bits per heavy atom. The van der Waals surface area contributed by atoms with E-state index in [1.165, 1.54) is 15.8 Å². The third-order valence-corrected chi connectivity index (χ3v) is 5.68. The zero-order valence-electron chi connectivity index (χ0n) is 14.6. The molecule has 3 aromatic rings. The number of nitrogens with zero attached hydrogens (tertiary/aromatic N) is 2. The summed E-state index contributed by atoms with van der Waals surface area (Å²) in [7, 11) is 2.05. The van der Waals surface area contributed by atoms with Gasteiger partial charge in [0, 0.05) is 30.0 Å². The number of aryl methyl sites for hydroxylation is 1. The number of pyridine rings is 1. The highest BCUT2D eigenvalue weighted by Gasteiger charge is 2.25. The minimum Gasteiger partial charge on any atom is -0.370 e. The molecule has 1 aromatic heterocycles. The van der Waals surface area contributed by atoms with Crippen molar-refractivity contribution in [1.29, 1.82) is 0 Å². The van der Waals surface area contributed by atoms with E-state index >= 15 is 0 Å². The number of rotatable bonds is 4. The van der Waals surface area contributed by atoms with Gasteiger partial charge in [0.2, 0.25) is 11.4 Å². The smallest absolute Gasteiger partial charge is 0.219 e. The molecule has 2 heterocycles. The van der Waals surface area contributed by atoms with E-state index in [0.717, 1.165) is 16.3 Å². The van der Waals surface area contributed by atoms with Gasteiger partial charge in [-0.05, 0) is 29.8 Å². The van der Waals surface area contributed by atoms with Gasteiger partial charge in [-0.2, -0.15) is 0 Å². The number of hydrogen-bond donors (Lipinski definition) is 1. The van der Waals surface area contributed by atoms with E-state index in [4.69, 9.17) is 5.73 Å². The molecule has 0 radical (unpaired) electrons. The molecule has 0 spiro atoms. The van der Waals surface area contributed by atoms with Gasteiger partial charge >= 0.3 is 0 Å². The Balaban J connectivity index is 1.79. The van der Waals surface area contributed by atoms with E-state index in [1.54, 1.807) is 11.8 Å². The number of carbonyl (C=O) groups excluding carboxylic acids is 1. The Morgan fingerprint density at radius 1 is 1.15 bits per heavy atom. The lowest BCUT2D eigenvalue weighted by molar-refractivity contribution is -0.644. The van der Waals surface area contributed by atoms with Crippen LogP contribution in [0.3, 0.4) is 0 Å². The van der Waals surface area contributed by atoms with Gasteiger partial charge in [0.15, 0.2) is 6.20 Å². The second-order valence-electron chi connectivity index (χ2n) is 6.32. The number of benzene rings is 2. The third-order valence-electron chi connectivity index (χ3n) is 4.57. The van der Waals surface area contributed by atoms with Crippen LogP contribution in [0.15, 0.2) is 70.7 Å². The number of para-hydroxylation sites is 2. The van der Waals surface area contributed by atoms with Crippen molar-refractivity contribution in [2.45, 2.75) is 11.3 Å². The largest absolute Gasteiger partial charge is 0.370 e. The Morgan fingerprint density at radius 2 is 1.92 bits per heavy atom. The Bertz CT molecular complexity index is 1030. The summed E-state index contributed by atoms with van der Waals surface area (Å²) >= 11 is 1.73. The summed E-state index contributed by atoms with van der Waals surface area (Å²) in [5.41, 5.74) is 8.87. The SMILES string of the molecule is C[n+]1ccc(C=C2Sc3ccccc3N2CCC(N)=O)c2ccccc21. The molecule has 0 saturated carbocycles. The van der Waals surface area contributed by atoms with Crippen LogP contribution in [0.1, 0.15) is 12.0 Å². The van der Waals surface area contributed by atoms with Crippen LogP contribution >= 0.6 is 11.8 Å². The first-order valence-corrected chi connectivity index (χ1v) is 9.37. The number of carbonyl (C=O) groups is 1. The van der Waals surface area contributed by atoms with Crippen molar-refractivity contribution in [2.24, 2.45) is 12.8 Å². The first-order chi connectivity index (χ1) is 12.6. The minimum absolute atomic E-state index is 0.282. The van der Waals surface area contributed by atoms with Crippen LogP contribution in [0.25, 0.3) is 17.0 Å². The number of primary amides is 1. The fraction of sp³-hybridized carbons (Fsp3) is 0.143. The monoisotopic (exact) mass is 362 g/mol. The Hall–Kier alpha value is -2.79. The second kappa shape index (κ2) is 6.84. The first kappa shape index (κ1) is 16.7. The molecule has 0 saturated heterocycles. The standard InChI is InChI=1S/C21H19N3OS/c1-23-12-10-15(16-6-2-3-7-17(16)23)14-21-24(13-11-20(22)25)18-8-4-5-9-19(18)26-21/h2-10,12,14H,11,13H2,1H3,(H-,22,25)/p+1. The maximum atomic E-state index is 11.3. The summed E-state index contributed by atoms with van der Waals surface area (Å²) < 4.78 is 2.12. The van der Waals surface area contributed by atoms with Crippen molar-refractivity contribution in [3.8, 4) is 0 Å². The highest BCUT2D eigenvalue weighted by Crippen LogP contribution is 2.46. The second-order valence-corrected chi connectivity index (χ2v) is 7.38. The lowest BCUT2D eigenvalue weighted by Gasteiger charge is -2.19. The Labute approximate surface area is 156 Å². The van der Waals surface area contributed by atoms with Crippen LogP contribution in [0.5, 0.6) is 0 Å². The van der Waals surface area contributed by atoms with Crippen LogP contribution in [0, 0.1) is 0 Å². The topological polar surface area (TPSA) is 50.2 Å². The van der Waals surface area contributed by atoms with Crippen LogP contribution in [0.2, 0.25) is 0 Å². The molecule has 1 aliphatic rings. The van der Waals surface area contributed by atoms with Gasteiger partial charge in [-0.3, -0.25) is 4.79 Å². The maximum absolute atomic E-state index is 11.3. The normalized spacial score (nSPS) is 14.8. The fourth-order valence-corrected chi connectivity index (χ4v) is 4.40. The number of anilines is 1. The lowest BCUT2D eigenvalue weighted by atomic mass is 10.1. The molecule has 1 aliphatic heterocycles. The van der Waals surface area contributed by atoms with E-state index in [2.05, 4.69) is 71.3 Å². The lowest BCUT2D eigenvalue weighted by Crippen LogP contribution is -2.28. The van der Waals surface area contributed by atoms with Crippen molar-refractivity contribution in [3.05, 3.63) is 71.4 Å². The molecule has 0 atom stereocenters. The quantitative estimate of drug-likeness (QED) is 0.723. The highest BCUT2D eigenvalue weighted by atomic mass is 32.2. The first-order valence-electron chi connectivity index (χ1n) is 8.55. The van der Waals surface area contributed by atoms with E-state index in [0.29, 0.717) is 13.0 Å². The van der Waals surface area contributed by atoms with E-state index in [1.807, 2.05) is 12.1 Å². The molecule has 0 unspecified atom stereocenters. The van der Waals surface area contributed by atoms with E-state index in [-0.39, 0.29) is 5.91 Å². The number of nitrogens with two attached hydrogens (primary N) is 1.